The van der Waals surface area contributed by atoms with Crippen LogP contribution < -0.4 is 0 Å². The van der Waals surface area contributed by atoms with E-state index in [4.69, 9.17) is 5.11 Å². The summed E-state index contributed by atoms with van der Waals surface area (Å²) < 4.78 is 0. The van der Waals surface area contributed by atoms with E-state index in [0.717, 1.165) is 50.5 Å². The second-order valence-electron chi connectivity index (χ2n) is 9.62. The van der Waals surface area contributed by atoms with E-state index in [1.165, 1.54) is 24.8 Å². The lowest BCUT2D eigenvalue weighted by molar-refractivity contribution is -0.137. The average molecular weight is 415 g/mol. The number of rotatable bonds is 10. The summed E-state index contributed by atoms with van der Waals surface area (Å²) in [4.78, 5) is 23.3. The molecule has 0 aliphatic heterocycles. The molecule has 0 aromatic heterocycles. The molecule has 1 aromatic carbocycles. The van der Waals surface area contributed by atoms with Crippen molar-refractivity contribution < 1.29 is 19.8 Å². The van der Waals surface area contributed by atoms with E-state index >= 15 is 0 Å². The van der Waals surface area contributed by atoms with E-state index in [1.807, 2.05) is 0 Å². The van der Waals surface area contributed by atoms with Crippen LogP contribution in [-0.2, 0) is 9.59 Å². The van der Waals surface area contributed by atoms with Gasteiger partial charge in [-0.15, -0.1) is 0 Å². The molecule has 0 spiro atoms. The van der Waals surface area contributed by atoms with Crippen LogP contribution in [0.4, 0.5) is 0 Å². The van der Waals surface area contributed by atoms with Crippen LogP contribution in [0.25, 0.3) is 0 Å². The predicted octanol–water partition coefficient (Wildman–Crippen LogP) is 6.03. The third kappa shape index (κ3) is 5.94. The van der Waals surface area contributed by atoms with E-state index in [2.05, 4.69) is 31.2 Å². The SMILES string of the molecule is C[C@H](CCCCCC(=O)O)C1C(=O)CC[C@@H]1c1ccc(C(O)C2CCCCC2)cc1. The first-order chi connectivity index (χ1) is 14.5. The maximum Gasteiger partial charge on any atom is 0.303 e. The minimum Gasteiger partial charge on any atom is -0.481 e. The van der Waals surface area contributed by atoms with Gasteiger partial charge < -0.3 is 10.2 Å². The minimum atomic E-state index is -0.730. The molecular weight excluding hydrogens is 376 g/mol. The standard InChI is InChI=1S/C26H38O4/c1-18(8-4-2-7-11-24(28)29)25-22(16-17-23(25)27)19-12-14-21(15-13-19)26(30)20-9-5-3-6-10-20/h12-15,18,20,22,25-26,30H,2-11,16-17H2,1H3,(H,28,29)/t18-,22-,25?,26?/m1/s1. The number of carboxylic acids is 1. The summed E-state index contributed by atoms with van der Waals surface area (Å²) in [6.45, 7) is 2.18. The summed E-state index contributed by atoms with van der Waals surface area (Å²) in [6.07, 6.45) is 11.0. The van der Waals surface area contributed by atoms with Gasteiger partial charge >= 0.3 is 5.97 Å². The first-order valence-electron chi connectivity index (χ1n) is 12.0. The van der Waals surface area contributed by atoms with Gasteiger partial charge in [0.25, 0.3) is 0 Å². The topological polar surface area (TPSA) is 74.6 Å². The molecule has 2 N–H and O–H groups in total. The predicted molar refractivity (Wildman–Crippen MR) is 118 cm³/mol. The van der Waals surface area contributed by atoms with Crippen LogP contribution in [0.3, 0.4) is 0 Å². The van der Waals surface area contributed by atoms with Crippen molar-refractivity contribution in [1.82, 2.24) is 0 Å². The number of carbonyl (C=O) groups excluding carboxylic acids is 1. The quantitative estimate of drug-likeness (QED) is 0.458. The smallest absolute Gasteiger partial charge is 0.303 e. The maximum atomic E-state index is 12.6. The van der Waals surface area contributed by atoms with Gasteiger partial charge in [0.1, 0.15) is 5.78 Å². The molecule has 2 aliphatic carbocycles. The molecule has 2 saturated carbocycles. The number of Topliss-reactive ketones (excluding diaryl/α,β-unsaturated/α-hetero) is 1. The molecule has 2 aliphatic rings. The normalized spacial score (nSPS) is 24.7. The Labute approximate surface area is 181 Å². The summed E-state index contributed by atoms with van der Waals surface area (Å²) in [5, 5.41) is 19.5. The van der Waals surface area contributed by atoms with Crippen molar-refractivity contribution in [2.75, 3.05) is 0 Å². The fraction of sp³-hybridized carbons (Fsp3) is 0.692. The monoisotopic (exact) mass is 414 g/mol. The number of hydrogen-bond acceptors (Lipinski definition) is 3. The van der Waals surface area contributed by atoms with Crippen LogP contribution in [0.15, 0.2) is 24.3 Å². The highest BCUT2D eigenvalue weighted by atomic mass is 16.4. The van der Waals surface area contributed by atoms with Gasteiger partial charge in [0, 0.05) is 18.8 Å². The Morgan fingerprint density at radius 1 is 1.03 bits per heavy atom. The molecule has 0 bridgehead atoms. The number of aliphatic hydroxyl groups excluding tert-OH is 1. The molecule has 2 unspecified atom stereocenters. The van der Waals surface area contributed by atoms with Crippen LogP contribution in [0.1, 0.15) is 107 Å². The highest BCUT2D eigenvalue weighted by Gasteiger charge is 2.38. The van der Waals surface area contributed by atoms with Crippen LogP contribution in [0, 0.1) is 17.8 Å². The Hall–Kier alpha value is -1.68. The molecule has 0 saturated heterocycles. The molecular formula is C26H38O4. The zero-order chi connectivity index (χ0) is 21.5. The molecule has 0 radical (unpaired) electrons. The van der Waals surface area contributed by atoms with Gasteiger partial charge in [0.15, 0.2) is 0 Å². The number of ketones is 1. The zero-order valence-corrected chi connectivity index (χ0v) is 18.4. The van der Waals surface area contributed by atoms with Crippen LogP contribution >= 0.6 is 0 Å². The fourth-order valence-corrected chi connectivity index (χ4v) is 5.72. The summed E-state index contributed by atoms with van der Waals surface area (Å²) in [5.74, 6) is 0.690. The molecule has 30 heavy (non-hydrogen) atoms. The van der Waals surface area contributed by atoms with E-state index in [0.29, 0.717) is 24.0 Å². The van der Waals surface area contributed by atoms with Gasteiger partial charge in [-0.2, -0.15) is 0 Å². The lowest BCUT2D eigenvalue weighted by atomic mass is 9.78. The van der Waals surface area contributed by atoms with Gasteiger partial charge in [-0.25, -0.2) is 0 Å². The maximum absolute atomic E-state index is 12.6. The van der Waals surface area contributed by atoms with Crippen molar-refractivity contribution in [1.29, 1.82) is 0 Å². The van der Waals surface area contributed by atoms with Gasteiger partial charge in [0.05, 0.1) is 6.10 Å². The highest BCUT2D eigenvalue weighted by Crippen LogP contribution is 2.43. The van der Waals surface area contributed by atoms with E-state index in [9.17, 15) is 14.7 Å². The number of carboxylic acid groups (broad SMARTS) is 1. The number of hydrogen-bond donors (Lipinski definition) is 2. The molecule has 3 rings (SSSR count). The van der Waals surface area contributed by atoms with E-state index < -0.39 is 5.97 Å². The number of carbonyl (C=O) groups is 2. The summed E-state index contributed by atoms with van der Waals surface area (Å²) in [6, 6.07) is 8.42. The zero-order valence-electron chi connectivity index (χ0n) is 18.4. The Morgan fingerprint density at radius 3 is 2.40 bits per heavy atom. The van der Waals surface area contributed by atoms with Gasteiger partial charge in [-0.3, -0.25) is 9.59 Å². The van der Waals surface area contributed by atoms with Crippen molar-refractivity contribution in [3.8, 4) is 0 Å². The lowest BCUT2D eigenvalue weighted by Gasteiger charge is -2.28. The van der Waals surface area contributed by atoms with E-state index in [-0.39, 0.29) is 24.4 Å². The van der Waals surface area contributed by atoms with Crippen LogP contribution in [-0.4, -0.2) is 22.0 Å². The molecule has 4 heteroatoms. The molecule has 2 fully saturated rings. The third-order valence-electron chi connectivity index (χ3n) is 7.47. The number of aliphatic hydroxyl groups is 1. The lowest BCUT2D eigenvalue weighted by Crippen LogP contribution is -2.22. The third-order valence-corrected chi connectivity index (χ3v) is 7.47. The van der Waals surface area contributed by atoms with Crippen molar-refractivity contribution in [2.24, 2.45) is 17.8 Å². The Morgan fingerprint density at radius 2 is 1.73 bits per heavy atom. The first kappa shape index (κ1) is 23.0. The molecule has 1 aromatic rings. The van der Waals surface area contributed by atoms with Crippen molar-refractivity contribution >= 4 is 11.8 Å². The molecule has 4 nitrogen and oxygen atoms in total. The van der Waals surface area contributed by atoms with Gasteiger partial charge in [0.2, 0.25) is 0 Å². The van der Waals surface area contributed by atoms with Gasteiger partial charge in [-0.1, -0.05) is 63.3 Å². The largest absolute Gasteiger partial charge is 0.481 e. The fourth-order valence-electron chi connectivity index (χ4n) is 5.72. The van der Waals surface area contributed by atoms with Crippen molar-refractivity contribution in [3.63, 3.8) is 0 Å². The highest BCUT2D eigenvalue weighted by molar-refractivity contribution is 5.84. The Bertz CT molecular complexity index is 689. The Balaban J connectivity index is 1.58. The first-order valence-corrected chi connectivity index (χ1v) is 12.0. The second kappa shape index (κ2) is 11.1. The average Bonchev–Trinajstić information content (AvgIpc) is 3.15. The number of unbranched alkanes of at least 4 members (excludes halogenated alkanes) is 2. The van der Waals surface area contributed by atoms with Crippen molar-refractivity contribution in [2.45, 2.75) is 96.0 Å². The number of aliphatic carboxylic acids is 1. The summed E-state index contributed by atoms with van der Waals surface area (Å²) in [7, 11) is 0. The molecule has 0 amide bonds. The summed E-state index contributed by atoms with van der Waals surface area (Å²) in [5.41, 5.74) is 2.24. The number of benzene rings is 1. The van der Waals surface area contributed by atoms with Crippen LogP contribution in [0.5, 0.6) is 0 Å². The molecule has 4 atom stereocenters. The second-order valence-corrected chi connectivity index (χ2v) is 9.62. The van der Waals surface area contributed by atoms with Gasteiger partial charge in [-0.05, 0) is 61.0 Å². The Kier molecular flexibility index (Phi) is 8.50. The molecule has 0 heterocycles. The molecule has 166 valence electrons. The minimum absolute atomic E-state index is 0.0681. The van der Waals surface area contributed by atoms with Crippen molar-refractivity contribution in [3.05, 3.63) is 35.4 Å². The van der Waals surface area contributed by atoms with E-state index in [1.54, 1.807) is 0 Å². The van der Waals surface area contributed by atoms with Crippen LogP contribution in [0.2, 0.25) is 0 Å². The summed E-state index contributed by atoms with van der Waals surface area (Å²) >= 11 is 0.